The van der Waals surface area contributed by atoms with Gasteiger partial charge in [0.2, 0.25) is 0 Å². The Labute approximate surface area is 187 Å². The van der Waals surface area contributed by atoms with Crippen molar-refractivity contribution in [2.45, 2.75) is 19.9 Å². The highest BCUT2D eigenvalue weighted by Gasteiger charge is 2.21. The number of hydrogen-bond donors (Lipinski definition) is 3. The lowest BCUT2D eigenvalue weighted by atomic mass is 10.2. The number of benzene rings is 1. The summed E-state index contributed by atoms with van der Waals surface area (Å²) in [5.74, 6) is 1.37. The molecule has 3 heterocycles. The molecule has 0 bridgehead atoms. The second-order valence-electron chi connectivity index (χ2n) is 7.04. The molecule has 0 saturated carbocycles. The van der Waals surface area contributed by atoms with E-state index in [0.29, 0.717) is 28.7 Å². The summed E-state index contributed by atoms with van der Waals surface area (Å²) >= 11 is 6.31. The number of aryl methyl sites for hydroxylation is 1. The lowest BCUT2D eigenvalue weighted by Gasteiger charge is -2.21. The van der Waals surface area contributed by atoms with Gasteiger partial charge < -0.3 is 16.8 Å². The molecule has 0 unspecified atom stereocenters. The number of rotatable bonds is 4. The van der Waals surface area contributed by atoms with Crippen LogP contribution < -0.4 is 22.3 Å². The average Bonchev–Trinajstić information content (AvgIpc) is 2.74. The number of halogens is 1. The zero-order valence-electron chi connectivity index (χ0n) is 17.2. The Morgan fingerprint density at radius 2 is 1.97 bits per heavy atom. The highest BCUT2D eigenvalue weighted by atomic mass is 35.5. The van der Waals surface area contributed by atoms with Crippen molar-refractivity contribution in [1.29, 1.82) is 5.26 Å². The maximum Gasteiger partial charge on any atom is 0.267 e. The predicted molar refractivity (Wildman–Crippen MR) is 122 cm³/mol. The van der Waals surface area contributed by atoms with Crippen LogP contribution in [0, 0.1) is 18.3 Å². The summed E-state index contributed by atoms with van der Waals surface area (Å²) in [5.41, 5.74) is 12.2. The Bertz CT molecular complexity index is 1440. The van der Waals surface area contributed by atoms with Gasteiger partial charge in [-0.2, -0.15) is 5.26 Å². The van der Waals surface area contributed by atoms with Gasteiger partial charge in [0, 0.05) is 0 Å². The predicted octanol–water partition coefficient (Wildman–Crippen LogP) is 2.74. The highest BCUT2D eigenvalue weighted by Crippen LogP contribution is 2.26. The van der Waals surface area contributed by atoms with Crippen molar-refractivity contribution >= 4 is 40.0 Å². The van der Waals surface area contributed by atoms with Gasteiger partial charge in [-0.1, -0.05) is 17.7 Å². The van der Waals surface area contributed by atoms with Crippen LogP contribution in [0.4, 0.5) is 17.5 Å². The van der Waals surface area contributed by atoms with Crippen molar-refractivity contribution in [1.82, 2.24) is 24.5 Å². The van der Waals surface area contributed by atoms with Gasteiger partial charge in [0.05, 0.1) is 33.9 Å². The minimum absolute atomic E-state index is 0.0630. The SMILES string of the molecule is Cc1nc(N)c(C#N)c(N[C@@H](C)c2nc3cccc(Cl)c3c(=O)n2-c2ccc(N)nc2)n1. The van der Waals surface area contributed by atoms with Crippen LogP contribution in [0.2, 0.25) is 5.02 Å². The largest absolute Gasteiger partial charge is 0.384 e. The average molecular weight is 448 g/mol. The number of anilines is 3. The smallest absolute Gasteiger partial charge is 0.267 e. The number of nitriles is 1. The lowest BCUT2D eigenvalue weighted by Crippen LogP contribution is -2.28. The van der Waals surface area contributed by atoms with E-state index in [4.69, 9.17) is 28.1 Å². The Kier molecular flexibility index (Phi) is 5.34. The number of nitrogens with two attached hydrogens (primary N) is 2. The van der Waals surface area contributed by atoms with E-state index in [1.54, 1.807) is 44.2 Å². The molecular formula is C21H18ClN9O. The van der Waals surface area contributed by atoms with Crippen molar-refractivity contribution in [2.24, 2.45) is 0 Å². The molecule has 11 heteroatoms. The van der Waals surface area contributed by atoms with Gasteiger partial charge >= 0.3 is 0 Å². The first-order chi connectivity index (χ1) is 15.3. The number of fused-ring (bicyclic) bond motifs is 1. The third-order valence-corrected chi connectivity index (χ3v) is 5.12. The van der Waals surface area contributed by atoms with Gasteiger partial charge in [-0.25, -0.2) is 19.9 Å². The zero-order valence-corrected chi connectivity index (χ0v) is 17.9. The molecule has 0 aliphatic heterocycles. The summed E-state index contributed by atoms with van der Waals surface area (Å²) in [4.78, 5) is 30.6. The molecule has 1 atom stereocenters. The first-order valence-electron chi connectivity index (χ1n) is 9.54. The van der Waals surface area contributed by atoms with Crippen LogP contribution in [-0.2, 0) is 0 Å². The van der Waals surface area contributed by atoms with Crippen molar-refractivity contribution in [3.63, 3.8) is 0 Å². The van der Waals surface area contributed by atoms with Crippen LogP contribution in [0.1, 0.15) is 30.2 Å². The van der Waals surface area contributed by atoms with E-state index in [2.05, 4.69) is 20.3 Å². The molecule has 0 radical (unpaired) electrons. The van der Waals surface area contributed by atoms with Crippen LogP contribution in [0.25, 0.3) is 16.6 Å². The molecule has 1 aromatic carbocycles. The fourth-order valence-electron chi connectivity index (χ4n) is 3.36. The number of hydrogen-bond acceptors (Lipinski definition) is 9. The van der Waals surface area contributed by atoms with E-state index >= 15 is 0 Å². The Morgan fingerprint density at radius 3 is 2.66 bits per heavy atom. The molecule has 10 nitrogen and oxygen atoms in total. The van der Waals surface area contributed by atoms with Gasteiger partial charge in [-0.15, -0.1) is 0 Å². The molecular weight excluding hydrogens is 430 g/mol. The lowest BCUT2D eigenvalue weighted by molar-refractivity contribution is 0.728. The second kappa shape index (κ2) is 8.13. The monoisotopic (exact) mass is 447 g/mol. The summed E-state index contributed by atoms with van der Waals surface area (Å²) in [6.45, 7) is 3.45. The van der Waals surface area contributed by atoms with Crippen molar-refractivity contribution in [3.8, 4) is 11.8 Å². The molecule has 4 rings (SSSR count). The Balaban J connectivity index is 1.94. The maximum atomic E-state index is 13.5. The van der Waals surface area contributed by atoms with Crippen LogP contribution in [0.5, 0.6) is 0 Å². The molecule has 5 N–H and O–H groups in total. The Morgan fingerprint density at radius 1 is 1.19 bits per heavy atom. The molecule has 3 aromatic heterocycles. The standard InChI is InChI=1S/C21H18ClN9O/c1-10(27-19-13(8-23)18(25)28-11(2)29-19)20-30-15-5-3-4-14(22)17(15)21(32)31(20)12-6-7-16(24)26-9-12/h3-7,9-10H,1-2H3,(H2,24,26)(H3,25,27,28,29)/t10-/m0/s1. The van der Waals surface area contributed by atoms with Gasteiger partial charge in [0.1, 0.15) is 34.9 Å². The number of pyridine rings is 1. The maximum absolute atomic E-state index is 13.5. The normalized spacial score (nSPS) is 11.8. The number of nitrogens with one attached hydrogen (secondary N) is 1. The van der Waals surface area contributed by atoms with Crippen LogP contribution in [-0.4, -0.2) is 24.5 Å². The third-order valence-electron chi connectivity index (χ3n) is 4.80. The molecule has 4 aromatic rings. The minimum Gasteiger partial charge on any atom is -0.384 e. The fourth-order valence-corrected chi connectivity index (χ4v) is 3.61. The number of nitrogen functional groups attached to an aromatic ring is 2. The van der Waals surface area contributed by atoms with Crippen LogP contribution >= 0.6 is 11.6 Å². The van der Waals surface area contributed by atoms with Gasteiger partial charge in [-0.3, -0.25) is 9.36 Å². The summed E-state index contributed by atoms with van der Waals surface area (Å²) in [6.07, 6.45) is 1.48. The molecule has 0 spiro atoms. The summed E-state index contributed by atoms with van der Waals surface area (Å²) < 4.78 is 1.40. The topological polar surface area (TPSA) is 161 Å². The van der Waals surface area contributed by atoms with Crippen LogP contribution in [0.3, 0.4) is 0 Å². The zero-order chi connectivity index (χ0) is 23.0. The van der Waals surface area contributed by atoms with Gasteiger partial charge in [0.25, 0.3) is 5.56 Å². The summed E-state index contributed by atoms with van der Waals surface area (Å²) in [5, 5.41) is 13.2. The number of nitrogens with zero attached hydrogens (tertiary/aromatic N) is 6. The van der Waals surface area contributed by atoms with E-state index in [1.165, 1.54) is 10.8 Å². The van der Waals surface area contributed by atoms with E-state index in [9.17, 15) is 10.1 Å². The molecule has 0 aliphatic rings. The van der Waals surface area contributed by atoms with Crippen molar-refractivity contribution < 1.29 is 0 Å². The first kappa shape index (κ1) is 21.0. The summed E-state index contributed by atoms with van der Waals surface area (Å²) in [7, 11) is 0. The van der Waals surface area contributed by atoms with Crippen molar-refractivity contribution in [2.75, 3.05) is 16.8 Å². The fraction of sp³-hybridized carbons (Fsp3) is 0.143. The molecule has 0 saturated heterocycles. The van der Waals surface area contributed by atoms with Gasteiger partial charge in [0.15, 0.2) is 5.82 Å². The van der Waals surface area contributed by atoms with Crippen LogP contribution in [0.15, 0.2) is 41.3 Å². The quantitative estimate of drug-likeness (QED) is 0.426. The Hall–Kier alpha value is -4.23. The second-order valence-corrected chi connectivity index (χ2v) is 7.45. The number of aromatic nitrogens is 5. The molecule has 0 amide bonds. The molecule has 0 fully saturated rings. The molecule has 0 aliphatic carbocycles. The van der Waals surface area contributed by atoms with E-state index in [1.807, 2.05) is 6.07 Å². The molecule has 160 valence electrons. The highest BCUT2D eigenvalue weighted by molar-refractivity contribution is 6.35. The molecule has 32 heavy (non-hydrogen) atoms. The van der Waals surface area contributed by atoms with Gasteiger partial charge in [-0.05, 0) is 38.1 Å². The first-order valence-corrected chi connectivity index (χ1v) is 9.91. The van der Waals surface area contributed by atoms with E-state index in [-0.39, 0.29) is 33.2 Å². The van der Waals surface area contributed by atoms with E-state index < -0.39 is 6.04 Å². The third kappa shape index (κ3) is 3.66. The van der Waals surface area contributed by atoms with E-state index in [0.717, 1.165) is 0 Å². The minimum atomic E-state index is -0.565. The van der Waals surface area contributed by atoms with Crippen molar-refractivity contribution in [3.05, 3.63) is 69.1 Å². The summed E-state index contributed by atoms with van der Waals surface area (Å²) in [6, 6.07) is 9.75.